The van der Waals surface area contributed by atoms with Crippen LogP contribution in [0, 0.1) is 57.7 Å². The largest absolute Gasteiger partial charge is 0.387 e. The molecule has 1 spiro atoms. The molecule has 7 bridgehead atoms. The van der Waals surface area contributed by atoms with E-state index in [1.165, 1.54) is 0 Å². The molecule has 5 aliphatic heterocycles. The van der Waals surface area contributed by atoms with Crippen molar-refractivity contribution in [2.75, 3.05) is 26.9 Å². The molecule has 0 aromatic rings. The van der Waals surface area contributed by atoms with Crippen molar-refractivity contribution >= 4 is 11.7 Å². The van der Waals surface area contributed by atoms with Crippen LogP contribution in [0.15, 0.2) is 11.6 Å². The number of aliphatic hydroxyl groups excluding tert-OH is 2. The first-order valence-corrected chi connectivity index (χ1v) is 22.1. The number of nitrogens with one attached hydrogen (secondary N) is 1. The monoisotopic (exact) mass is 778 g/mol. The molecule has 56 heavy (non-hydrogen) atoms. The van der Waals surface area contributed by atoms with Crippen LogP contribution in [-0.2, 0) is 23.8 Å². The number of allylic oxidation sites excluding steroid dienone is 1. The molecule has 10 rings (SSSR count). The number of ketones is 1. The number of carbonyl (C=O) groups is 2. The Morgan fingerprint density at radius 2 is 1.77 bits per heavy atom. The zero-order valence-electron chi connectivity index (χ0n) is 34.0. The highest BCUT2D eigenvalue weighted by Gasteiger charge is 2.76. The highest BCUT2D eigenvalue weighted by molar-refractivity contribution is 5.96. The average molecular weight is 779 g/mol. The Labute approximate surface area is 332 Å². The number of amides is 1. The Bertz CT molecular complexity index is 1670. The number of aliphatic hydroxyl groups is 4. The van der Waals surface area contributed by atoms with Gasteiger partial charge in [0.15, 0.2) is 5.78 Å². The Morgan fingerprint density at radius 1 is 0.982 bits per heavy atom. The van der Waals surface area contributed by atoms with E-state index >= 15 is 0 Å². The maximum absolute atomic E-state index is 14.7. The van der Waals surface area contributed by atoms with Crippen molar-refractivity contribution < 1.29 is 44.2 Å². The molecule has 4 saturated carbocycles. The van der Waals surface area contributed by atoms with Crippen LogP contribution < -0.4 is 5.32 Å². The summed E-state index contributed by atoms with van der Waals surface area (Å²) >= 11 is 0. The molecule has 5 N–H and O–H groups in total. The second kappa shape index (κ2) is 14.1. The lowest BCUT2D eigenvalue weighted by atomic mass is 9.37. The smallest absolute Gasteiger partial charge is 0.240 e. The standard InChI is InChI=1S/C45H66N2O9/c1-26-30-23-32-40(51)47-25-28(47)12-8-15-43-18-19-44(27-10-6-5-7-11-27)34(42(3,52)38(49)36(26)56-37(30)39(50)46-32)14-17-45(44,53)35(43)24-33(48)31-22-29(13-16-41(31,43)2)55-21-9-20-54-4/h24,26-32,34,36-39,46,49-50,52-53H,5-7,9-14,16-23,25H2,1-4H3. The van der Waals surface area contributed by atoms with Crippen molar-refractivity contribution in [3.63, 3.8) is 0 Å². The highest BCUT2D eigenvalue weighted by Crippen LogP contribution is 2.76. The van der Waals surface area contributed by atoms with Crippen LogP contribution >= 0.6 is 0 Å². The van der Waals surface area contributed by atoms with Gasteiger partial charge in [0.1, 0.15) is 18.4 Å². The molecular formula is C45H66N2O9. The third-order valence-electron chi connectivity index (χ3n) is 17.7. The van der Waals surface area contributed by atoms with E-state index < -0.39 is 63.9 Å². The Balaban J connectivity index is 1.17. The van der Waals surface area contributed by atoms with Gasteiger partial charge in [0.05, 0.1) is 40.9 Å². The number of piperidine rings is 1. The number of nitrogens with zero attached hydrogens (tertiary/aromatic N) is 1. The Kier molecular flexibility index (Phi) is 9.97. The molecule has 16 unspecified atom stereocenters. The number of hydrogen-bond donors (Lipinski definition) is 5. The number of rotatable bonds is 6. The SMILES string of the molecule is COCCCOC1CCC2(C)C(C1)C(=O)C=C1C3(O)CCC4C(C)(O)C(O)C5OC6C(O)NC(CC6C5C)C(=O)N5CC5CC#CC12CCC43C1CCCCC1. The maximum atomic E-state index is 14.7. The fourth-order valence-electron chi connectivity index (χ4n) is 14.7. The molecule has 3 saturated heterocycles. The summed E-state index contributed by atoms with van der Waals surface area (Å²) in [5.74, 6) is 6.32. The second-order valence-electron chi connectivity index (χ2n) is 20.1. The van der Waals surface area contributed by atoms with Crippen LogP contribution in [-0.4, -0.2) is 118 Å². The molecule has 11 heteroatoms. The van der Waals surface area contributed by atoms with Gasteiger partial charge in [0, 0.05) is 44.6 Å². The lowest BCUT2D eigenvalue weighted by Crippen LogP contribution is -2.69. The third kappa shape index (κ3) is 5.59. The highest BCUT2D eigenvalue weighted by atomic mass is 16.5. The molecule has 0 aromatic carbocycles. The van der Waals surface area contributed by atoms with Gasteiger partial charge in [-0.3, -0.25) is 14.9 Å². The van der Waals surface area contributed by atoms with Crippen LogP contribution in [0.25, 0.3) is 0 Å². The Morgan fingerprint density at radius 3 is 2.54 bits per heavy atom. The summed E-state index contributed by atoms with van der Waals surface area (Å²) in [5, 5.41) is 53.8. The lowest BCUT2D eigenvalue weighted by molar-refractivity contribution is -0.224. The summed E-state index contributed by atoms with van der Waals surface area (Å²) in [6.45, 7) is 7.79. The van der Waals surface area contributed by atoms with Gasteiger partial charge >= 0.3 is 0 Å². The van der Waals surface area contributed by atoms with Crippen LogP contribution in [0.2, 0.25) is 0 Å². The molecule has 10 aliphatic rings. The van der Waals surface area contributed by atoms with Gasteiger partial charge in [0.2, 0.25) is 5.91 Å². The van der Waals surface area contributed by atoms with Crippen molar-refractivity contribution in [2.24, 2.45) is 45.8 Å². The number of fused-ring (bicyclic) bond motifs is 4. The van der Waals surface area contributed by atoms with Crippen molar-refractivity contribution in [1.29, 1.82) is 0 Å². The van der Waals surface area contributed by atoms with Gasteiger partial charge < -0.3 is 39.5 Å². The minimum atomic E-state index is -1.66. The zero-order valence-corrected chi connectivity index (χ0v) is 34.0. The molecule has 310 valence electrons. The molecule has 7 fully saturated rings. The van der Waals surface area contributed by atoms with E-state index in [2.05, 4.69) is 24.1 Å². The summed E-state index contributed by atoms with van der Waals surface area (Å²) in [5.41, 5.74) is -4.45. The van der Waals surface area contributed by atoms with E-state index in [1.54, 1.807) is 20.1 Å². The van der Waals surface area contributed by atoms with E-state index in [0.717, 1.165) is 56.9 Å². The first kappa shape index (κ1) is 39.6. The minimum absolute atomic E-state index is 0.0368. The number of hydrogen-bond acceptors (Lipinski definition) is 10. The van der Waals surface area contributed by atoms with E-state index in [1.807, 2.05) is 11.8 Å². The first-order valence-electron chi connectivity index (χ1n) is 22.1. The number of methoxy groups -OCH3 is 1. The molecule has 0 aromatic heterocycles. The molecule has 11 nitrogen and oxygen atoms in total. The molecule has 0 radical (unpaired) electrons. The predicted molar refractivity (Wildman–Crippen MR) is 207 cm³/mol. The molecule has 5 heterocycles. The summed E-state index contributed by atoms with van der Waals surface area (Å²) < 4.78 is 18.1. The van der Waals surface area contributed by atoms with Crippen LogP contribution in [0.5, 0.6) is 0 Å². The maximum Gasteiger partial charge on any atom is 0.240 e. The average Bonchev–Trinajstić information content (AvgIpc) is 3.77. The molecule has 5 aliphatic carbocycles. The van der Waals surface area contributed by atoms with Gasteiger partial charge in [-0.1, -0.05) is 39.0 Å². The van der Waals surface area contributed by atoms with Gasteiger partial charge in [-0.15, -0.1) is 5.92 Å². The fourth-order valence-corrected chi connectivity index (χ4v) is 14.7. The summed E-state index contributed by atoms with van der Waals surface area (Å²) in [4.78, 5) is 30.5. The van der Waals surface area contributed by atoms with Crippen LogP contribution in [0.1, 0.15) is 117 Å². The van der Waals surface area contributed by atoms with Gasteiger partial charge in [-0.05, 0) is 118 Å². The van der Waals surface area contributed by atoms with Gasteiger partial charge in [-0.25, -0.2) is 0 Å². The topological polar surface area (TPSA) is 158 Å². The lowest BCUT2D eigenvalue weighted by Gasteiger charge is -2.67. The van der Waals surface area contributed by atoms with E-state index in [-0.39, 0.29) is 47.5 Å². The summed E-state index contributed by atoms with van der Waals surface area (Å²) in [6, 6.07) is -0.616. The van der Waals surface area contributed by atoms with Crippen LogP contribution in [0.4, 0.5) is 0 Å². The Hall–Kier alpha value is -1.88. The zero-order chi connectivity index (χ0) is 39.4. The predicted octanol–water partition coefficient (Wildman–Crippen LogP) is 3.64. The molecular weight excluding hydrogens is 712 g/mol. The minimum Gasteiger partial charge on any atom is -0.387 e. The van der Waals surface area contributed by atoms with Crippen molar-refractivity contribution in [3.8, 4) is 11.8 Å². The van der Waals surface area contributed by atoms with E-state index in [4.69, 9.17) is 14.2 Å². The third-order valence-corrected chi connectivity index (χ3v) is 17.7. The van der Waals surface area contributed by atoms with Gasteiger partial charge in [-0.2, -0.15) is 0 Å². The first-order chi connectivity index (χ1) is 26.7. The van der Waals surface area contributed by atoms with Crippen LogP contribution in [0.3, 0.4) is 0 Å². The number of carbonyl (C=O) groups excluding carboxylic acids is 2. The normalized spacial score (nSPS) is 51.3. The molecule has 16 atom stereocenters. The fraction of sp³-hybridized carbons (Fsp3) is 0.867. The van der Waals surface area contributed by atoms with E-state index in [0.29, 0.717) is 64.7 Å². The van der Waals surface area contributed by atoms with Crippen molar-refractivity contribution in [1.82, 2.24) is 10.2 Å². The quantitative estimate of drug-likeness (QED) is 0.153. The van der Waals surface area contributed by atoms with Crippen molar-refractivity contribution in [3.05, 3.63) is 11.6 Å². The number of ether oxygens (including phenoxy) is 3. The summed E-state index contributed by atoms with van der Waals surface area (Å²) in [6.07, 6.45) is 9.12. The summed E-state index contributed by atoms with van der Waals surface area (Å²) in [7, 11) is 1.69. The van der Waals surface area contributed by atoms with Crippen molar-refractivity contribution in [2.45, 2.75) is 171 Å². The molecule has 1 amide bonds. The van der Waals surface area contributed by atoms with Gasteiger partial charge in [0.25, 0.3) is 0 Å². The van der Waals surface area contributed by atoms with E-state index in [9.17, 15) is 30.0 Å². The second-order valence-corrected chi connectivity index (χ2v) is 20.1.